The Morgan fingerprint density at radius 1 is 1.07 bits per heavy atom. The topological polar surface area (TPSA) is 53.7 Å². The van der Waals surface area contributed by atoms with Gasteiger partial charge < -0.3 is 14.4 Å². The van der Waals surface area contributed by atoms with Crippen LogP contribution in [0.15, 0.2) is 58.5 Å². The summed E-state index contributed by atoms with van der Waals surface area (Å²) < 4.78 is 5.37. The molecule has 2 heterocycles. The van der Waals surface area contributed by atoms with E-state index < -0.39 is 0 Å². The van der Waals surface area contributed by atoms with E-state index in [0.29, 0.717) is 24.4 Å². The van der Waals surface area contributed by atoms with E-state index in [1.165, 1.54) is 12.8 Å². The third-order valence-electron chi connectivity index (χ3n) is 4.02. The van der Waals surface area contributed by atoms with E-state index in [9.17, 15) is 9.90 Å². The van der Waals surface area contributed by atoms with Gasteiger partial charge in [-0.1, -0.05) is 52.7 Å². The molecule has 29 heavy (non-hydrogen) atoms. The number of unbranched alkanes of at least 4 members (excludes halogenated alkanes) is 1. The molecule has 0 aliphatic rings. The number of phenolic OH excluding ortho intramolecular Hbond substituents is 1. The number of rotatable bonds is 6. The Morgan fingerprint density at radius 3 is 2.31 bits per heavy atom. The van der Waals surface area contributed by atoms with Crippen LogP contribution in [0.4, 0.5) is 0 Å². The third-order valence-corrected chi connectivity index (χ3v) is 4.89. The van der Waals surface area contributed by atoms with Crippen molar-refractivity contribution in [2.24, 2.45) is 0 Å². The maximum Gasteiger partial charge on any atom is 0.258 e. The van der Waals surface area contributed by atoms with Crippen LogP contribution in [-0.4, -0.2) is 15.9 Å². The summed E-state index contributed by atoms with van der Waals surface area (Å²) in [5.41, 5.74) is 1.22. The zero-order chi connectivity index (χ0) is 21.6. The van der Waals surface area contributed by atoms with Crippen molar-refractivity contribution in [2.75, 3.05) is 0 Å². The van der Waals surface area contributed by atoms with Crippen LogP contribution in [0, 0.1) is 6.92 Å². The molecule has 2 aromatic heterocycles. The van der Waals surface area contributed by atoms with Gasteiger partial charge in [0.05, 0.1) is 24.9 Å². The summed E-state index contributed by atoms with van der Waals surface area (Å²) in [6.07, 6.45) is 4.23. The number of furan rings is 1. The molecule has 1 amide bonds. The van der Waals surface area contributed by atoms with Crippen LogP contribution in [0.3, 0.4) is 0 Å². The summed E-state index contributed by atoms with van der Waals surface area (Å²) in [5.74, 6) is 0.499. The molecule has 1 aromatic carbocycles. The first kappa shape index (κ1) is 24.5. The molecule has 4 nitrogen and oxygen atoms in total. The van der Waals surface area contributed by atoms with Crippen molar-refractivity contribution in [1.29, 1.82) is 0 Å². The second-order valence-corrected chi connectivity index (χ2v) is 7.37. The van der Waals surface area contributed by atoms with Gasteiger partial charge in [0.2, 0.25) is 0 Å². The van der Waals surface area contributed by atoms with Gasteiger partial charge in [0.15, 0.2) is 0 Å². The highest BCUT2D eigenvalue weighted by Crippen LogP contribution is 2.23. The van der Waals surface area contributed by atoms with Gasteiger partial charge in [-0.2, -0.15) is 0 Å². The Morgan fingerprint density at radius 2 is 1.79 bits per heavy atom. The number of nitrogens with zero attached hydrogens (tertiary/aromatic N) is 1. The van der Waals surface area contributed by atoms with Crippen LogP contribution >= 0.6 is 11.3 Å². The largest absolute Gasteiger partial charge is 0.507 e. The van der Waals surface area contributed by atoms with Gasteiger partial charge >= 0.3 is 0 Å². The van der Waals surface area contributed by atoms with Gasteiger partial charge in [-0.3, -0.25) is 4.79 Å². The molecular formula is C24H33NO3S. The van der Waals surface area contributed by atoms with E-state index in [1.807, 2.05) is 50.4 Å². The summed E-state index contributed by atoms with van der Waals surface area (Å²) in [5, 5.41) is 12.1. The van der Waals surface area contributed by atoms with Gasteiger partial charge in [0, 0.05) is 4.88 Å². The van der Waals surface area contributed by atoms with Gasteiger partial charge in [-0.15, -0.1) is 11.3 Å². The summed E-state index contributed by atoms with van der Waals surface area (Å²) in [6.45, 7) is 11.1. The lowest BCUT2D eigenvalue weighted by atomic mass is 10.1. The molecule has 0 aliphatic carbocycles. The van der Waals surface area contributed by atoms with Crippen molar-refractivity contribution >= 4 is 17.2 Å². The minimum absolute atomic E-state index is 0.00521. The van der Waals surface area contributed by atoms with Gasteiger partial charge in [0.25, 0.3) is 5.91 Å². The Bertz CT molecular complexity index is 773. The van der Waals surface area contributed by atoms with Crippen molar-refractivity contribution in [3.05, 3.63) is 75.9 Å². The molecule has 0 unspecified atom stereocenters. The smallest absolute Gasteiger partial charge is 0.258 e. The first-order valence-corrected chi connectivity index (χ1v) is 11.1. The fraction of sp³-hybridized carbons (Fsp3) is 0.375. The van der Waals surface area contributed by atoms with Gasteiger partial charge in [0.1, 0.15) is 11.5 Å². The highest BCUT2D eigenvalue weighted by atomic mass is 32.1. The van der Waals surface area contributed by atoms with Crippen LogP contribution < -0.4 is 0 Å². The van der Waals surface area contributed by atoms with E-state index in [-0.39, 0.29) is 11.7 Å². The van der Waals surface area contributed by atoms with E-state index >= 15 is 0 Å². The lowest BCUT2D eigenvalue weighted by Gasteiger charge is -2.21. The Kier molecular flexibility index (Phi) is 11.5. The summed E-state index contributed by atoms with van der Waals surface area (Å²) in [7, 11) is 0. The highest BCUT2D eigenvalue weighted by molar-refractivity contribution is 7.09. The second-order valence-electron chi connectivity index (χ2n) is 6.34. The maximum absolute atomic E-state index is 12.9. The van der Waals surface area contributed by atoms with E-state index in [0.717, 1.165) is 10.4 Å². The SMILES string of the molecule is CC.CCCC.Cc1ccc(C(=O)N(Cc2ccco2)Cc2cccs2)c(O)c1. The quantitative estimate of drug-likeness (QED) is 0.470. The number of hydrogen-bond donors (Lipinski definition) is 1. The number of aryl methyl sites for hydroxylation is 1. The van der Waals surface area contributed by atoms with Gasteiger partial charge in [-0.05, 0) is 48.2 Å². The number of thiophene rings is 1. The molecule has 0 radical (unpaired) electrons. The molecule has 0 bridgehead atoms. The Labute approximate surface area is 178 Å². The Balaban J connectivity index is 0.000000627. The standard InChI is InChI=1S/C18H17NO3S.C4H10.C2H6/c1-13-6-7-16(17(20)10-13)18(21)19(11-14-4-2-8-22-14)12-15-5-3-9-23-15;1-3-4-2;1-2/h2-10,20H,11-12H2,1H3;3-4H2,1-2H3;1-2H3. The molecule has 0 saturated carbocycles. The monoisotopic (exact) mass is 415 g/mol. The van der Waals surface area contributed by atoms with Crippen molar-refractivity contribution in [3.63, 3.8) is 0 Å². The van der Waals surface area contributed by atoms with Crippen LogP contribution in [0.2, 0.25) is 0 Å². The second kappa shape index (κ2) is 13.6. The fourth-order valence-corrected chi connectivity index (χ4v) is 3.09. The predicted molar refractivity (Wildman–Crippen MR) is 121 cm³/mol. The van der Waals surface area contributed by atoms with Crippen molar-refractivity contribution in [1.82, 2.24) is 4.90 Å². The first-order chi connectivity index (χ1) is 14.0. The Hall–Kier alpha value is -2.53. The number of phenols is 1. The van der Waals surface area contributed by atoms with Gasteiger partial charge in [-0.25, -0.2) is 0 Å². The normalized spacial score (nSPS) is 9.69. The molecule has 5 heteroatoms. The molecule has 0 spiro atoms. The third kappa shape index (κ3) is 8.16. The number of amides is 1. The minimum Gasteiger partial charge on any atom is -0.507 e. The van der Waals surface area contributed by atoms with Crippen LogP contribution in [0.5, 0.6) is 5.75 Å². The highest BCUT2D eigenvalue weighted by Gasteiger charge is 2.21. The average molecular weight is 416 g/mol. The van der Waals surface area contributed by atoms with Crippen LogP contribution in [-0.2, 0) is 13.1 Å². The number of aromatic hydroxyl groups is 1. The molecule has 0 aliphatic heterocycles. The van der Waals surface area contributed by atoms with E-state index in [1.54, 1.807) is 40.7 Å². The maximum atomic E-state index is 12.9. The minimum atomic E-state index is -0.215. The molecule has 158 valence electrons. The molecule has 1 N–H and O–H groups in total. The number of carbonyl (C=O) groups excluding carboxylic acids is 1. The molecule has 3 rings (SSSR count). The number of hydrogen-bond acceptors (Lipinski definition) is 4. The van der Waals surface area contributed by atoms with Crippen molar-refractivity contribution < 1.29 is 14.3 Å². The molecular weight excluding hydrogens is 382 g/mol. The summed E-state index contributed by atoms with van der Waals surface area (Å²) in [4.78, 5) is 15.6. The fourth-order valence-electron chi connectivity index (χ4n) is 2.37. The van der Waals surface area contributed by atoms with Crippen LogP contribution in [0.1, 0.15) is 67.1 Å². The molecule has 3 aromatic rings. The van der Waals surface area contributed by atoms with Crippen LogP contribution in [0.25, 0.3) is 0 Å². The van der Waals surface area contributed by atoms with E-state index in [4.69, 9.17) is 4.42 Å². The zero-order valence-corrected chi connectivity index (χ0v) is 19.0. The predicted octanol–water partition coefficient (Wildman–Crippen LogP) is 7.03. The average Bonchev–Trinajstić information content (AvgIpc) is 3.43. The summed E-state index contributed by atoms with van der Waals surface area (Å²) >= 11 is 1.60. The number of carbonyl (C=O) groups is 1. The number of benzene rings is 1. The molecule has 0 saturated heterocycles. The lowest BCUT2D eigenvalue weighted by Crippen LogP contribution is -2.29. The van der Waals surface area contributed by atoms with Crippen molar-refractivity contribution in [3.8, 4) is 5.75 Å². The zero-order valence-electron chi connectivity index (χ0n) is 18.1. The molecule has 0 atom stereocenters. The lowest BCUT2D eigenvalue weighted by molar-refractivity contribution is 0.0716. The van der Waals surface area contributed by atoms with E-state index in [2.05, 4.69) is 13.8 Å². The molecule has 0 fully saturated rings. The van der Waals surface area contributed by atoms with Crippen molar-refractivity contribution in [2.45, 2.75) is 60.5 Å². The first-order valence-electron chi connectivity index (χ1n) is 10.2. The summed E-state index contributed by atoms with van der Waals surface area (Å²) in [6, 6.07) is 12.7.